The van der Waals surface area contributed by atoms with E-state index < -0.39 is 0 Å². The van der Waals surface area contributed by atoms with Gasteiger partial charge < -0.3 is 16.0 Å². The molecule has 2 aromatic heterocycles. The van der Waals surface area contributed by atoms with Gasteiger partial charge in [0, 0.05) is 20.3 Å². The maximum Gasteiger partial charge on any atom is 0.266 e. The third kappa shape index (κ3) is 2.50. The van der Waals surface area contributed by atoms with Gasteiger partial charge in [0.2, 0.25) is 5.91 Å². The molecule has 0 fully saturated rings. The summed E-state index contributed by atoms with van der Waals surface area (Å²) in [5.74, 6) is -0.502. The average molecular weight is 278 g/mol. The molecule has 0 aromatic carbocycles. The number of aromatic nitrogens is 1. The van der Waals surface area contributed by atoms with Crippen LogP contribution in [0.15, 0.2) is 18.3 Å². The molecule has 0 spiro atoms. The van der Waals surface area contributed by atoms with E-state index >= 15 is 0 Å². The minimum absolute atomic E-state index is 0.00352. The number of rotatable bonds is 3. The summed E-state index contributed by atoms with van der Waals surface area (Å²) >= 11 is 1.28. The van der Waals surface area contributed by atoms with Crippen molar-refractivity contribution in [1.29, 1.82) is 0 Å². The summed E-state index contributed by atoms with van der Waals surface area (Å²) in [6, 6.07) is 3.65. The standard InChI is InChI=1S/C12H14N4O2S/c1-14-8(17)6-16(2)12(18)11-9(13)10-7(19-11)4-3-5-15-10/h3-5H,6,13H2,1-2H3,(H,14,17). The van der Waals surface area contributed by atoms with Gasteiger partial charge in [0.05, 0.1) is 16.9 Å². The summed E-state index contributed by atoms with van der Waals surface area (Å²) in [6.07, 6.45) is 1.63. The van der Waals surface area contributed by atoms with Gasteiger partial charge in [-0.1, -0.05) is 0 Å². The van der Waals surface area contributed by atoms with Crippen molar-refractivity contribution < 1.29 is 9.59 Å². The fourth-order valence-corrected chi connectivity index (χ4v) is 2.72. The second-order valence-electron chi connectivity index (χ2n) is 4.03. The summed E-state index contributed by atoms with van der Waals surface area (Å²) in [6.45, 7) is -0.00352. The molecular weight excluding hydrogens is 264 g/mol. The largest absolute Gasteiger partial charge is 0.396 e. The van der Waals surface area contributed by atoms with Crippen molar-refractivity contribution in [2.75, 3.05) is 26.4 Å². The smallest absolute Gasteiger partial charge is 0.266 e. The lowest BCUT2D eigenvalue weighted by Gasteiger charge is -2.15. The SMILES string of the molecule is CNC(=O)CN(C)C(=O)c1sc2cccnc2c1N. The van der Waals surface area contributed by atoms with Gasteiger partial charge in [-0.2, -0.15) is 0 Å². The van der Waals surface area contributed by atoms with Crippen LogP contribution in [0.1, 0.15) is 9.67 Å². The molecule has 0 saturated heterocycles. The van der Waals surface area contributed by atoms with Crippen LogP contribution in [0, 0.1) is 0 Å². The highest BCUT2D eigenvalue weighted by molar-refractivity contribution is 7.21. The minimum atomic E-state index is -0.274. The Morgan fingerprint density at radius 1 is 1.53 bits per heavy atom. The van der Waals surface area contributed by atoms with Crippen molar-refractivity contribution in [1.82, 2.24) is 15.2 Å². The molecule has 3 N–H and O–H groups in total. The molecule has 0 aliphatic rings. The summed E-state index contributed by atoms with van der Waals surface area (Å²) in [7, 11) is 3.09. The quantitative estimate of drug-likeness (QED) is 0.865. The van der Waals surface area contributed by atoms with Crippen LogP contribution in [0.25, 0.3) is 10.2 Å². The third-order valence-corrected chi connectivity index (χ3v) is 3.83. The fourth-order valence-electron chi connectivity index (χ4n) is 1.65. The molecule has 0 aliphatic carbocycles. The number of likely N-dealkylation sites (N-methyl/N-ethyl adjacent to an activating group) is 2. The number of amides is 2. The number of nitrogens with one attached hydrogen (secondary N) is 1. The van der Waals surface area contributed by atoms with Crippen LogP contribution in [0.4, 0.5) is 5.69 Å². The zero-order valence-corrected chi connectivity index (χ0v) is 11.5. The zero-order chi connectivity index (χ0) is 14.0. The number of thiophene rings is 1. The lowest BCUT2D eigenvalue weighted by molar-refractivity contribution is -0.121. The Balaban J connectivity index is 2.31. The summed E-state index contributed by atoms with van der Waals surface area (Å²) in [5, 5.41) is 2.47. The number of nitrogens with zero attached hydrogens (tertiary/aromatic N) is 2. The molecular formula is C12H14N4O2S. The number of carbonyl (C=O) groups is 2. The van der Waals surface area contributed by atoms with E-state index in [4.69, 9.17) is 5.73 Å². The van der Waals surface area contributed by atoms with E-state index in [1.165, 1.54) is 23.3 Å². The summed E-state index contributed by atoms with van der Waals surface area (Å²) in [5.41, 5.74) is 6.94. The Morgan fingerprint density at radius 3 is 2.89 bits per heavy atom. The highest BCUT2D eigenvalue weighted by Crippen LogP contribution is 2.32. The first-order valence-corrected chi connectivity index (χ1v) is 6.45. The molecule has 2 heterocycles. The fraction of sp³-hybridized carbons (Fsp3) is 0.250. The Kier molecular flexibility index (Phi) is 3.66. The maximum atomic E-state index is 12.2. The molecule has 0 saturated carbocycles. The highest BCUT2D eigenvalue weighted by Gasteiger charge is 2.21. The summed E-state index contributed by atoms with van der Waals surface area (Å²) < 4.78 is 0.858. The molecule has 0 aliphatic heterocycles. The van der Waals surface area contributed by atoms with Crippen LogP contribution >= 0.6 is 11.3 Å². The van der Waals surface area contributed by atoms with E-state index in [0.29, 0.717) is 16.1 Å². The molecule has 0 atom stereocenters. The zero-order valence-electron chi connectivity index (χ0n) is 10.6. The second-order valence-corrected chi connectivity index (χ2v) is 5.08. The average Bonchev–Trinajstić information content (AvgIpc) is 2.75. The van der Waals surface area contributed by atoms with Crippen LogP contribution in [-0.2, 0) is 4.79 Å². The van der Waals surface area contributed by atoms with Crippen LogP contribution in [0.5, 0.6) is 0 Å². The van der Waals surface area contributed by atoms with Gasteiger partial charge >= 0.3 is 0 Å². The molecule has 0 bridgehead atoms. The highest BCUT2D eigenvalue weighted by atomic mass is 32.1. The summed E-state index contributed by atoms with van der Waals surface area (Å²) in [4.78, 5) is 29.4. The number of fused-ring (bicyclic) bond motifs is 1. The monoisotopic (exact) mass is 278 g/mol. The van der Waals surface area contributed by atoms with Gasteiger partial charge in [-0.05, 0) is 12.1 Å². The van der Waals surface area contributed by atoms with Gasteiger partial charge in [0.15, 0.2) is 0 Å². The van der Waals surface area contributed by atoms with Gasteiger partial charge in [-0.15, -0.1) is 11.3 Å². The Morgan fingerprint density at radius 2 is 2.26 bits per heavy atom. The van der Waals surface area contributed by atoms with Crippen LogP contribution in [0.2, 0.25) is 0 Å². The van der Waals surface area contributed by atoms with Crippen molar-refractivity contribution >= 4 is 39.1 Å². The third-order valence-electron chi connectivity index (χ3n) is 2.68. The molecule has 2 rings (SSSR count). The van der Waals surface area contributed by atoms with Crippen molar-refractivity contribution in [3.8, 4) is 0 Å². The van der Waals surface area contributed by atoms with Crippen LogP contribution in [-0.4, -0.2) is 42.3 Å². The minimum Gasteiger partial charge on any atom is -0.396 e. The van der Waals surface area contributed by atoms with Gasteiger partial charge in [0.25, 0.3) is 5.91 Å². The normalized spacial score (nSPS) is 10.4. The molecule has 6 nitrogen and oxygen atoms in total. The van der Waals surface area contributed by atoms with E-state index in [1.54, 1.807) is 19.3 Å². The Bertz CT molecular complexity index is 638. The molecule has 19 heavy (non-hydrogen) atoms. The molecule has 0 radical (unpaired) electrons. The van der Waals surface area contributed by atoms with E-state index in [9.17, 15) is 9.59 Å². The predicted octanol–water partition coefficient (Wildman–Crippen LogP) is 0.696. The first-order chi connectivity index (χ1) is 9.04. The maximum absolute atomic E-state index is 12.2. The number of anilines is 1. The van der Waals surface area contributed by atoms with Crippen LogP contribution in [0.3, 0.4) is 0 Å². The number of carbonyl (C=O) groups excluding carboxylic acids is 2. The number of pyridine rings is 1. The van der Waals surface area contributed by atoms with Gasteiger partial charge in [-0.3, -0.25) is 14.6 Å². The van der Waals surface area contributed by atoms with E-state index in [0.717, 1.165) is 4.70 Å². The molecule has 0 unspecified atom stereocenters. The molecule has 100 valence electrons. The van der Waals surface area contributed by atoms with Gasteiger partial charge in [-0.25, -0.2) is 0 Å². The van der Waals surface area contributed by atoms with Crippen molar-refractivity contribution in [2.45, 2.75) is 0 Å². The van der Waals surface area contributed by atoms with E-state index in [-0.39, 0.29) is 18.4 Å². The first kappa shape index (κ1) is 13.3. The molecule has 2 amide bonds. The number of hydrogen-bond donors (Lipinski definition) is 2. The lowest BCUT2D eigenvalue weighted by Crippen LogP contribution is -2.36. The van der Waals surface area contributed by atoms with E-state index in [1.807, 2.05) is 6.07 Å². The predicted molar refractivity (Wildman–Crippen MR) is 75.1 cm³/mol. The second kappa shape index (κ2) is 5.23. The van der Waals surface area contributed by atoms with E-state index in [2.05, 4.69) is 10.3 Å². The van der Waals surface area contributed by atoms with Crippen molar-refractivity contribution in [3.63, 3.8) is 0 Å². The molecule has 2 aromatic rings. The van der Waals surface area contributed by atoms with Gasteiger partial charge in [0.1, 0.15) is 10.4 Å². The Labute approximate surface area is 114 Å². The number of nitrogen functional groups attached to an aromatic ring is 1. The number of nitrogens with two attached hydrogens (primary N) is 1. The topological polar surface area (TPSA) is 88.3 Å². The Hall–Kier alpha value is -2.15. The van der Waals surface area contributed by atoms with Crippen molar-refractivity contribution in [3.05, 3.63) is 23.2 Å². The first-order valence-electron chi connectivity index (χ1n) is 5.63. The van der Waals surface area contributed by atoms with Crippen LogP contribution < -0.4 is 11.1 Å². The van der Waals surface area contributed by atoms with Crippen molar-refractivity contribution in [2.24, 2.45) is 0 Å². The number of hydrogen-bond acceptors (Lipinski definition) is 5. The lowest BCUT2D eigenvalue weighted by atomic mass is 10.3. The molecule has 7 heteroatoms.